The van der Waals surface area contributed by atoms with Gasteiger partial charge < -0.3 is 20.6 Å². The van der Waals surface area contributed by atoms with Crippen LogP contribution in [0, 0.1) is 13.8 Å². The van der Waals surface area contributed by atoms with Gasteiger partial charge in [-0.05, 0) is 25.5 Å². The summed E-state index contributed by atoms with van der Waals surface area (Å²) in [6, 6.07) is 8.11. The van der Waals surface area contributed by atoms with E-state index in [-0.39, 0.29) is 11.3 Å². The Morgan fingerprint density at radius 3 is 2.77 bits per heavy atom. The van der Waals surface area contributed by atoms with Crippen LogP contribution in [0.1, 0.15) is 28.8 Å². The number of hydrogen-bond donors (Lipinski definition) is 3. The molecule has 26 heavy (non-hydrogen) atoms. The van der Waals surface area contributed by atoms with Crippen LogP contribution in [0.5, 0.6) is 0 Å². The SMILES string of the molecule is Cc1c[nH]c(CNCc2cn(CCC(N)=O)c3ccccc23)c(C)c1=O. The molecule has 0 spiro atoms. The fraction of sp³-hybridized carbons (Fsp3) is 0.300. The van der Waals surface area contributed by atoms with E-state index in [0.29, 0.717) is 26.1 Å². The Bertz CT molecular complexity index is 1000. The number of carbonyl (C=O) groups excluding carboxylic acids is 1. The minimum atomic E-state index is -0.304. The lowest BCUT2D eigenvalue weighted by atomic mass is 10.1. The van der Waals surface area contributed by atoms with Gasteiger partial charge in [0.15, 0.2) is 5.43 Å². The fourth-order valence-electron chi connectivity index (χ4n) is 3.19. The molecule has 2 aromatic heterocycles. The summed E-state index contributed by atoms with van der Waals surface area (Å²) in [5, 5.41) is 4.55. The van der Waals surface area contributed by atoms with Crippen LogP contribution in [-0.2, 0) is 24.4 Å². The third kappa shape index (κ3) is 3.70. The largest absolute Gasteiger partial charge is 0.370 e. The highest BCUT2D eigenvalue weighted by Crippen LogP contribution is 2.21. The van der Waals surface area contributed by atoms with E-state index >= 15 is 0 Å². The second kappa shape index (κ2) is 7.58. The second-order valence-electron chi connectivity index (χ2n) is 6.59. The van der Waals surface area contributed by atoms with Gasteiger partial charge in [-0.1, -0.05) is 18.2 Å². The Morgan fingerprint density at radius 2 is 2.00 bits per heavy atom. The van der Waals surface area contributed by atoms with Crippen LogP contribution >= 0.6 is 0 Å². The highest BCUT2D eigenvalue weighted by molar-refractivity contribution is 5.84. The van der Waals surface area contributed by atoms with Gasteiger partial charge in [0.25, 0.3) is 0 Å². The molecular formula is C20H24N4O2. The number of aromatic amines is 1. The molecule has 1 amide bonds. The Labute approximate surface area is 152 Å². The molecule has 0 radical (unpaired) electrons. The number of nitrogens with one attached hydrogen (secondary N) is 2. The van der Waals surface area contributed by atoms with E-state index in [4.69, 9.17) is 5.73 Å². The van der Waals surface area contributed by atoms with Crippen LogP contribution < -0.4 is 16.5 Å². The van der Waals surface area contributed by atoms with Crippen LogP contribution in [0.2, 0.25) is 0 Å². The van der Waals surface area contributed by atoms with Crippen molar-refractivity contribution in [3.63, 3.8) is 0 Å². The average Bonchev–Trinajstić information content (AvgIpc) is 2.98. The third-order valence-corrected chi connectivity index (χ3v) is 4.70. The normalized spacial score (nSPS) is 11.2. The summed E-state index contributed by atoms with van der Waals surface area (Å²) in [5.74, 6) is -0.304. The zero-order chi connectivity index (χ0) is 18.7. The molecule has 1 aromatic carbocycles. The van der Waals surface area contributed by atoms with Crippen LogP contribution in [-0.4, -0.2) is 15.5 Å². The van der Waals surface area contributed by atoms with Crippen LogP contribution in [0.25, 0.3) is 10.9 Å². The van der Waals surface area contributed by atoms with E-state index in [1.807, 2.05) is 32.0 Å². The number of para-hydroxylation sites is 1. The Kier molecular flexibility index (Phi) is 5.23. The summed E-state index contributed by atoms with van der Waals surface area (Å²) >= 11 is 0. The molecule has 4 N–H and O–H groups in total. The van der Waals surface area contributed by atoms with Crippen molar-refractivity contribution in [2.24, 2.45) is 5.73 Å². The number of aromatic nitrogens is 2. The first kappa shape index (κ1) is 17.9. The van der Waals surface area contributed by atoms with Gasteiger partial charge in [-0.15, -0.1) is 0 Å². The van der Waals surface area contributed by atoms with Crippen molar-refractivity contribution in [3.05, 3.63) is 69.3 Å². The summed E-state index contributed by atoms with van der Waals surface area (Å²) in [6.07, 6.45) is 4.13. The number of fused-ring (bicyclic) bond motifs is 1. The van der Waals surface area contributed by atoms with Gasteiger partial charge in [-0.25, -0.2) is 0 Å². The highest BCUT2D eigenvalue weighted by atomic mass is 16.1. The minimum absolute atomic E-state index is 0.0867. The van der Waals surface area contributed by atoms with E-state index in [0.717, 1.165) is 33.3 Å². The van der Waals surface area contributed by atoms with Gasteiger partial charge in [0.05, 0.1) is 0 Å². The van der Waals surface area contributed by atoms with Crippen molar-refractivity contribution < 1.29 is 4.79 Å². The van der Waals surface area contributed by atoms with Gasteiger partial charge in [-0.2, -0.15) is 0 Å². The lowest BCUT2D eigenvalue weighted by molar-refractivity contribution is -0.118. The van der Waals surface area contributed by atoms with Crippen molar-refractivity contribution >= 4 is 16.8 Å². The number of rotatable bonds is 7. The maximum atomic E-state index is 12.0. The molecular weight excluding hydrogens is 328 g/mol. The molecule has 0 aliphatic rings. The molecule has 0 fully saturated rings. The third-order valence-electron chi connectivity index (χ3n) is 4.70. The van der Waals surface area contributed by atoms with E-state index < -0.39 is 0 Å². The van der Waals surface area contributed by atoms with Crippen molar-refractivity contribution in [1.29, 1.82) is 0 Å². The molecule has 0 aliphatic heterocycles. The molecule has 0 bridgehead atoms. The summed E-state index contributed by atoms with van der Waals surface area (Å²) in [6.45, 7) is 5.48. The van der Waals surface area contributed by atoms with Gasteiger partial charge in [0.1, 0.15) is 0 Å². The monoisotopic (exact) mass is 352 g/mol. The number of carbonyl (C=O) groups is 1. The van der Waals surface area contributed by atoms with Gasteiger partial charge >= 0.3 is 0 Å². The van der Waals surface area contributed by atoms with E-state index in [1.54, 1.807) is 6.20 Å². The number of primary amides is 1. The molecule has 6 heteroatoms. The Morgan fingerprint density at radius 1 is 1.23 bits per heavy atom. The number of nitrogens with zero attached hydrogens (tertiary/aromatic N) is 1. The number of H-pyrrole nitrogens is 1. The predicted octanol–water partition coefficient (Wildman–Crippen LogP) is 2.11. The molecule has 2 heterocycles. The Balaban J connectivity index is 1.76. The van der Waals surface area contributed by atoms with Gasteiger partial charge in [0.2, 0.25) is 5.91 Å². The minimum Gasteiger partial charge on any atom is -0.370 e. The quantitative estimate of drug-likeness (QED) is 0.608. The molecule has 6 nitrogen and oxygen atoms in total. The molecule has 136 valence electrons. The molecule has 0 saturated carbocycles. The van der Waals surface area contributed by atoms with Crippen molar-refractivity contribution in [1.82, 2.24) is 14.9 Å². The second-order valence-corrected chi connectivity index (χ2v) is 6.59. The fourth-order valence-corrected chi connectivity index (χ4v) is 3.19. The molecule has 0 unspecified atom stereocenters. The summed E-state index contributed by atoms with van der Waals surface area (Å²) in [4.78, 5) is 26.3. The van der Waals surface area contributed by atoms with E-state index in [9.17, 15) is 9.59 Å². The Hall–Kier alpha value is -2.86. The molecule has 0 saturated heterocycles. The van der Waals surface area contributed by atoms with Crippen LogP contribution in [0.4, 0.5) is 0 Å². The summed E-state index contributed by atoms with van der Waals surface area (Å²) in [5.41, 5.74) is 9.98. The number of hydrogen-bond acceptors (Lipinski definition) is 3. The molecule has 3 rings (SSSR count). The standard InChI is InChI=1S/C20H24N4O2/c1-13-9-23-17(14(2)20(13)26)11-22-10-15-12-24(8-7-19(21)25)18-6-4-3-5-16(15)18/h3-6,9,12,22H,7-8,10-11H2,1-2H3,(H2,21,25)(H,23,26). The number of nitrogens with two attached hydrogens (primary N) is 1. The summed E-state index contributed by atoms with van der Waals surface area (Å²) < 4.78 is 2.07. The van der Waals surface area contributed by atoms with E-state index in [1.165, 1.54) is 0 Å². The van der Waals surface area contributed by atoms with Crippen LogP contribution in [0.15, 0.2) is 41.5 Å². The van der Waals surface area contributed by atoms with Crippen LogP contribution in [0.3, 0.4) is 0 Å². The van der Waals surface area contributed by atoms with E-state index in [2.05, 4.69) is 27.1 Å². The number of aryl methyl sites for hydroxylation is 2. The number of pyridine rings is 1. The lowest BCUT2D eigenvalue weighted by Crippen LogP contribution is -2.19. The first-order chi connectivity index (χ1) is 12.5. The average molecular weight is 352 g/mol. The number of amides is 1. The molecule has 0 aliphatic carbocycles. The molecule has 0 atom stereocenters. The van der Waals surface area contributed by atoms with Gasteiger partial charge in [0, 0.05) is 66.2 Å². The maximum Gasteiger partial charge on any atom is 0.219 e. The first-order valence-electron chi connectivity index (χ1n) is 8.71. The number of benzene rings is 1. The summed E-state index contributed by atoms with van der Waals surface area (Å²) in [7, 11) is 0. The van der Waals surface area contributed by atoms with Crippen molar-refractivity contribution in [3.8, 4) is 0 Å². The topological polar surface area (TPSA) is 92.9 Å². The van der Waals surface area contributed by atoms with Crippen molar-refractivity contribution in [2.45, 2.75) is 39.9 Å². The zero-order valence-electron chi connectivity index (χ0n) is 15.1. The maximum absolute atomic E-state index is 12.0. The van der Waals surface area contributed by atoms with Gasteiger partial charge in [-0.3, -0.25) is 9.59 Å². The highest BCUT2D eigenvalue weighted by Gasteiger charge is 2.10. The zero-order valence-corrected chi connectivity index (χ0v) is 15.1. The molecule has 3 aromatic rings. The predicted molar refractivity (Wildman–Crippen MR) is 103 cm³/mol. The lowest BCUT2D eigenvalue weighted by Gasteiger charge is -2.08. The first-order valence-corrected chi connectivity index (χ1v) is 8.71. The smallest absolute Gasteiger partial charge is 0.219 e. The van der Waals surface area contributed by atoms with Crippen molar-refractivity contribution in [2.75, 3.05) is 0 Å².